The van der Waals surface area contributed by atoms with Crippen LogP contribution in [0.1, 0.15) is 30.7 Å². The van der Waals surface area contributed by atoms with Gasteiger partial charge in [0, 0.05) is 0 Å². The van der Waals surface area contributed by atoms with E-state index in [4.69, 9.17) is 0 Å². The average molecular weight is 316 g/mol. The molecule has 0 saturated carbocycles. The molecule has 1 saturated heterocycles. The number of carbonyl (C=O) groups is 1. The number of amides is 1. The molecule has 1 aromatic heterocycles. The van der Waals surface area contributed by atoms with E-state index in [0.29, 0.717) is 17.6 Å². The largest absolute Gasteiger partial charge is 0.299 e. The third-order valence-electron chi connectivity index (χ3n) is 4.07. The van der Waals surface area contributed by atoms with Gasteiger partial charge in [0.1, 0.15) is 5.51 Å². The number of likely N-dealkylation sites (tertiary alicyclic amines) is 1. The predicted molar refractivity (Wildman–Crippen MR) is 88.0 cm³/mol. The Morgan fingerprint density at radius 2 is 2.14 bits per heavy atom. The summed E-state index contributed by atoms with van der Waals surface area (Å²) in [6.07, 6.45) is 3.43. The number of carbonyl (C=O) groups excluding carboxylic acids is 1. The molecule has 1 aliphatic heterocycles. The van der Waals surface area contributed by atoms with Crippen LogP contribution in [0, 0.1) is 0 Å². The van der Waals surface area contributed by atoms with E-state index < -0.39 is 0 Å². The molecule has 1 aromatic carbocycles. The Morgan fingerprint density at radius 3 is 2.91 bits per heavy atom. The molecule has 0 spiro atoms. The first-order chi connectivity index (χ1) is 10.8. The van der Waals surface area contributed by atoms with Crippen molar-refractivity contribution in [1.29, 1.82) is 0 Å². The van der Waals surface area contributed by atoms with Crippen molar-refractivity contribution in [2.75, 3.05) is 25.0 Å². The first-order valence-corrected chi connectivity index (χ1v) is 8.52. The number of rotatable bonds is 4. The molecule has 0 bridgehead atoms. The second kappa shape index (κ2) is 7.47. The van der Waals surface area contributed by atoms with Crippen molar-refractivity contribution < 1.29 is 4.79 Å². The van der Waals surface area contributed by atoms with Crippen LogP contribution in [0.3, 0.4) is 0 Å². The van der Waals surface area contributed by atoms with Gasteiger partial charge in [-0.2, -0.15) is 0 Å². The predicted octanol–water partition coefficient (Wildman–Crippen LogP) is 2.75. The Bertz CT molecular complexity index is 587. The Labute approximate surface area is 134 Å². The summed E-state index contributed by atoms with van der Waals surface area (Å²) in [5.74, 6) is 0.604. The van der Waals surface area contributed by atoms with Crippen LogP contribution in [-0.2, 0) is 4.79 Å². The fourth-order valence-electron chi connectivity index (χ4n) is 2.96. The smallest absolute Gasteiger partial charge is 0.240 e. The Balaban J connectivity index is 1.51. The highest BCUT2D eigenvalue weighted by molar-refractivity contribution is 7.13. The Kier molecular flexibility index (Phi) is 5.13. The van der Waals surface area contributed by atoms with Crippen LogP contribution in [-0.4, -0.2) is 40.6 Å². The molecule has 3 rings (SSSR count). The van der Waals surface area contributed by atoms with Crippen molar-refractivity contribution in [3.8, 4) is 0 Å². The topological polar surface area (TPSA) is 58.1 Å². The molecular formula is C16H20N4OS. The van der Waals surface area contributed by atoms with E-state index in [0.717, 1.165) is 25.9 Å². The van der Waals surface area contributed by atoms with Gasteiger partial charge in [-0.1, -0.05) is 41.7 Å². The maximum Gasteiger partial charge on any atom is 0.240 e. The van der Waals surface area contributed by atoms with Gasteiger partial charge < -0.3 is 0 Å². The molecule has 1 fully saturated rings. The zero-order chi connectivity index (χ0) is 15.2. The summed E-state index contributed by atoms with van der Waals surface area (Å²) in [6, 6.07) is 10.7. The molecule has 6 heteroatoms. The molecular weight excluding hydrogens is 296 g/mol. The van der Waals surface area contributed by atoms with Gasteiger partial charge in [-0.3, -0.25) is 15.0 Å². The van der Waals surface area contributed by atoms with Crippen LogP contribution < -0.4 is 5.32 Å². The van der Waals surface area contributed by atoms with Crippen molar-refractivity contribution in [3.05, 3.63) is 41.4 Å². The van der Waals surface area contributed by atoms with Gasteiger partial charge in [0.15, 0.2) is 0 Å². The quantitative estimate of drug-likeness (QED) is 0.942. The van der Waals surface area contributed by atoms with Crippen molar-refractivity contribution in [2.45, 2.75) is 25.2 Å². The van der Waals surface area contributed by atoms with E-state index in [1.165, 1.54) is 23.3 Å². The average Bonchev–Trinajstić information content (AvgIpc) is 2.93. The third-order valence-corrected chi connectivity index (χ3v) is 4.67. The molecule has 0 unspecified atom stereocenters. The Morgan fingerprint density at radius 1 is 1.27 bits per heavy atom. The zero-order valence-electron chi connectivity index (χ0n) is 12.4. The van der Waals surface area contributed by atoms with Crippen LogP contribution in [0.4, 0.5) is 5.13 Å². The first-order valence-electron chi connectivity index (χ1n) is 7.64. The highest BCUT2D eigenvalue weighted by Crippen LogP contribution is 2.27. The lowest BCUT2D eigenvalue weighted by Crippen LogP contribution is -2.34. The molecule has 22 heavy (non-hydrogen) atoms. The zero-order valence-corrected chi connectivity index (χ0v) is 13.3. The molecule has 5 nitrogen and oxygen atoms in total. The maximum atomic E-state index is 12.0. The van der Waals surface area contributed by atoms with Gasteiger partial charge in [-0.25, -0.2) is 0 Å². The highest BCUT2D eigenvalue weighted by Gasteiger charge is 2.20. The fraction of sp³-hybridized carbons (Fsp3) is 0.438. The molecule has 0 radical (unpaired) electrons. The molecule has 0 aliphatic carbocycles. The minimum absolute atomic E-state index is 0.00471. The third kappa shape index (κ3) is 4.11. The monoisotopic (exact) mass is 316 g/mol. The van der Waals surface area contributed by atoms with Crippen molar-refractivity contribution in [3.63, 3.8) is 0 Å². The van der Waals surface area contributed by atoms with Gasteiger partial charge >= 0.3 is 0 Å². The summed E-state index contributed by atoms with van der Waals surface area (Å²) in [7, 11) is 0. The molecule has 1 atom stereocenters. The summed E-state index contributed by atoms with van der Waals surface area (Å²) in [4.78, 5) is 14.3. The molecule has 1 amide bonds. The minimum atomic E-state index is -0.00471. The second-order valence-electron chi connectivity index (χ2n) is 5.61. The lowest BCUT2D eigenvalue weighted by Gasteiger charge is -2.19. The number of hydrogen-bond donors (Lipinski definition) is 1. The van der Waals surface area contributed by atoms with Crippen LogP contribution in [0.2, 0.25) is 0 Å². The summed E-state index contributed by atoms with van der Waals surface area (Å²) in [5, 5.41) is 10.9. The minimum Gasteiger partial charge on any atom is -0.299 e. The fourth-order valence-corrected chi connectivity index (χ4v) is 3.42. The van der Waals surface area contributed by atoms with Crippen molar-refractivity contribution in [2.24, 2.45) is 0 Å². The lowest BCUT2D eigenvalue weighted by molar-refractivity contribution is -0.117. The van der Waals surface area contributed by atoms with Crippen LogP contribution in [0.5, 0.6) is 0 Å². The van der Waals surface area contributed by atoms with E-state index in [1.54, 1.807) is 5.51 Å². The van der Waals surface area contributed by atoms with Gasteiger partial charge in [-0.15, -0.1) is 10.2 Å². The summed E-state index contributed by atoms with van der Waals surface area (Å²) in [5.41, 5.74) is 3.04. The standard InChI is InChI=1S/C16H20N4OS/c21-15(18-16-19-17-12-22-16)11-20-9-4-7-14(8-10-20)13-5-2-1-3-6-13/h1-3,5-6,12,14H,4,7-11H2,(H,18,19,21)/t14-/m0/s1. The molecule has 2 heterocycles. The molecule has 1 aliphatic rings. The van der Waals surface area contributed by atoms with Gasteiger partial charge in [-0.05, 0) is 43.8 Å². The highest BCUT2D eigenvalue weighted by atomic mass is 32.1. The van der Waals surface area contributed by atoms with E-state index in [-0.39, 0.29) is 5.91 Å². The summed E-state index contributed by atoms with van der Waals surface area (Å²) < 4.78 is 0. The SMILES string of the molecule is O=C(CN1CCC[C@H](c2ccccc2)CC1)Nc1nncs1. The van der Waals surface area contributed by atoms with E-state index in [1.807, 2.05) is 0 Å². The van der Waals surface area contributed by atoms with Crippen LogP contribution >= 0.6 is 11.3 Å². The molecule has 116 valence electrons. The van der Waals surface area contributed by atoms with Crippen LogP contribution in [0.25, 0.3) is 0 Å². The normalized spacial score (nSPS) is 19.5. The van der Waals surface area contributed by atoms with E-state index in [2.05, 4.69) is 50.7 Å². The number of anilines is 1. The number of benzene rings is 1. The van der Waals surface area contributed by atoms with Crippen molar-refractivity contribution >= 4 is 22.4 Å². The molecule has 2 aromatic rings. The first kappa shape index (κ1) is 15.1. The Hall–Kier alpha value is -1.79. The number of nitrogens with one attached hydrogen (secondary N) is 1. The summed E-state index contributed by atoms with van der Waals surface area (Å²) >= 11 is 1.34. The molecule has 1 N–H and O–H groups in total. The van der Waals surface area contributed by atoms with Gasteiger partial charge in [0.05, 0.1) is 6.54 Å². The van der Waals surface area contributed by atoms with Crippen LogP contribution in [0.15, 0.2) is 35.8 Å². The second-order valence-corrected chi connectivity index (χ2v) is 6.44. The lowest BCUT2D eigenvalue weighted by atomic mass is 9.92. The van der Waals surface area contributed by atoms with E-state index >= 15 is 0 Å². The summed E-state index contributed by atoms with van der Waals surface area (Å²) in [6.45, 7) is 2.37. The number of hydrogen-bond acceptors (Lipinski definition) is 5. The van der Waals surface area contributed by atoms with Gasteiger partial charge in [0.2, 0.25) is 11.0 Å². The van der Waals surface area contributed by atoms with Gasteiger partial charge in [0.25, 0.3) is 0 Å². The number of nitrogens with zero attached hydrogens (tertiary/aromatic N) is 3. The number of aromatic nitrogens is 2. The van der Waals surface area contributed by atoms with Crippen molar-refractivity contribution in [1.82, 2.24) is 15.1 Å². The van der Waals surface area contributed by atoms with E-state index in [9.17, 15) is 4.79 Å². The maximum absolute atomic E-state index is 12.0.